The summed E-state index contributed by atoms with van der Waals surface area (Å²) >= 11 is 0. The van der Waals surface area contributed by atoms with Gasteiger partial charge in [-0.2, -0.15) is 0 Å². The third-order valence-corrected chi connectivity index (χ3v) is 3.35. The quantitative estimate of drug-likeness (QED) is 0.790. The lowest BCUT2D eigenvalue weighted by Gasteiger charge is -2.33. The van der Waals surface area contributed by atoms with E-state index in [0.29, 0.717) is 18.4 Å². The first kappa shape index (κ1) is 16.0. The molecule has 0 bridgehead atoms. The van der Waals surface area contributed by atoms with Crippen molar-refractivity contribution in [3.05, 3.63) is 0 Å². The number of amides is 1. The lowest BCUT2D eigenvalue weighted by atomic mass is 10.0. The molecule has 110 valence electrons. The van der Waals surface area contributed by atoms with Gasteiger partial charge >= 0.3 is 5.97 Å². The molecule has 1 N–H and O–H groups in total. The number of piperidine rings is 1. The second-order valence-corrected chi connectivity index (χ2v) is 6.04. The zero-order chi connectivity index (χ0) is 14.4. The van der Waals surface area contributed by atoms with Crippen LogP contribution < -0.4 is 0 Å². The van der Waals surface area contributed by atoms with Crippen LogP contribution in [0.3, 0.4) is 0 Å². The number of carbonyl (C=O) groups is 2. The van der Waals surface area contributed by atoms with Crippen molar-refractivity contribution in [2.45, 2.75) is 33.6 Å². The highest BCUT2D eigenvalue weighted by Gasteiger charge is 2.23. The van der Waals surface area contributed by atoms with Crippen LogP contribution in [-0.4, -0.2) is 59.5 Å². The molecule has 0 spiro atoms. The normalized spacial score (nSPS) is 20.1. The van der Waals surface area contributed by atoms with Gasteiger partial charge in [-0.15, -0.1) is 0 Å². The largest absolute Gasteiger partial charge is 0.480 e. The minimum Gasteiger partial charge on any atom is -0.480 e. The van der Waals surface area contributed by atoms with E-state index in [1.165, 1.54) is 6.42 Å². The molecule has 1 amide bonds. The maximum Gasteiger partial charge on any atom is 0.317 e. The number of hydrogen-bond donors (Lipinski definition) is 1. The Bertz CT molecular complexity index is 318. The summed E-state index contributed by atoms with van der Waals surface area (Å²) in [6, 6.07) is 0. The van der Waals surface area contributed by atoms with Crippen molar-refractivity contribution in [2.24, 2.45) is 11.8 Å². The molecule has 1 saturated heterocycles. The van der Waals surface area contributed by atoms with E-state index in [4.69, 9.17) is 5.11 Å². The summed E-state index contributed by atoms with van der Waals surface area (Å²) in [5, 5.41) is 8.90. The average Bonchev–Trinajstić information content (AvgIpc) is 2.26. The predicted octanol–water partition coefficient (Wildman–Crippen LogP) is 1.29. The summed E-state index contributed by atoms with van der Waals surface area (Å²) in [5.74, 6) is 0.0945. The van der Waals surface area contributed by atoms with Crippen molar-refractivity contribution >= 4 is 11.9 Å². The van der Waals surface area contributed by atoms with Gasteiger partial charge in [0.1, 0.15) is 0 Å². The first-order valence-electron chi connectivity index (χ1n) is 7.10. The van der Waals surface area contributed by atoms with Crippen molar-refractivity contribution in [3.8, 4) is 0 Å². The van der Waals surface area contributed by atoms with Gasteiger partial charge in [0, 0.05) is 19.6 Å². The Hall–Kier alpha value is -1.10. The van der Waals surface area contributed by atoms with Gasteiger partial charge in [0.05, 0.1) is 13.1 Å². The standard InChI is InChI=1S/C14H26N2O3/c1-11(2)7-15(10-14(18)19)9-13(17)16-6-4-5-12(3)8-16/h11-12H,4-10H2,1-3H3,(H,18,19). The molecule has 1 aliphatic rings. The second kappa shape index (κ2) is 7.48. The second-order valence-electron chi connectivity index (χ2n) is 6.04. The monoisotopic (exact) mass is 270 g/mol. The molecule has 0 radical (unpaired) electrons. The topological polar surface area (TPSA) is 60.9 Å². The number of carbonyl (C=O) groups excluding carboxylic acids is 1. The van der Waals surface area contributed by atoms with Crippen LogP contribution in [0.4, 0.5) is 0 Å². The Morgan fingerprint density at radius 2 is 2.05 bits per heavy atom. The smallest absolute Gasteiger partial charge is 0.317 e. The van der Waals surface area contributed by atoms with Crippen molar-refractivity contribution in [3.63, 3.8) is 0 Å². The van der Waals surface area contributed by atoms with Crippen LogP contribution in [0.5, 0.6) is 0 Å². The first-order chi connectivity index (χ1) is 8.88. The molecule has 1 fully saturated rings. The molecule has 1 atom stereocenters. The molecule has 0 aliphatic carbocycles. The van der Waals surface area contributed by atoms with Gasteiger partial charge in [-0.05, 0) is 24.7 Å². The van der Waals surface area contributed by atoms with Crippen LogP contribution in [0, 0.1) is 11.8 Å². The predicted molar refractivity (Wildman–Crippen MR) is 73.9 cm³/mol. The molecular formula is C14H26N2O3. The van der Waals surface area contributed by atoms with E-state index in [0.717, 1.165) is 19.5 Å². The molecule has 1 rings (SSSR count). The average molecular weight is 270 g/mol. The summed E-state index contributed by atoms with van der Waals surface area (Å²) in [6.07, 6.45) is 2.23. The van der Waals surface area contributed by atoms with E-state index in [2.05, 4.69) is 6.92 Å². The number of carboxylic acids is 1. The third-order valence-electron chi connectivity index (χ3n) is 3.35. The molecule has 0 aromatic carbocycles. The zero-order valence-corrected chi connectivity index (χ0v) is 12.3. The van der Waals surface area contributed by atoms with Crippen molar-refractivity contribution in [1.82, 2.24) is 9.80 Å². The van der Waals surface area contributed by atoms with Gasteiger partial charge in [-0.3, -0.25) is 14.5 Å². The molecular weight excluding hydrogens is 244 g/mol. The number of nitrogens with zero attached hydrogens (tertiary/aromatic N) is 2. The van der Waals surface area contributed by atoms with Gasteiger partial charge in [0.15, 0.2) is 0 Å². The number of carboxylic acid groups (broad SMARTS) is 1. The fourth-order valence-corrected chi connectivity index (χ4v) is 2.60. The van der Waals surface area contributed by atoms with Crippen LogP contribution in [0.15, 0.2) is 0 Å². The minimum atomic E-state index is -0.875. The van der Waals surface area contributed by atoms with Gasteiger partial charge < -0.3 is 10.0 Å². The molecule has 0 aromatic rings. The summed E-state index contributed by atoms with van der Waals surface area (Å²) < 4.78 is 0. The number of aliphatic carboxylic acids is 1. The molecule has 0 aromatic heterocycles. The minimum absolute atomic E-state index is 0.0622. The van der Waals surface area contributed by atoms with Crippen LogP contribution >= 0.6 is 0 Å². The van der Waals surface area contributed by atoms with Gasteiger partial charge in [0.25, 0.3) is 0 Å². The molecule has 19 heavy (non-hydrogen) atoms. The van der Waals surface area contributed by atoms with E-state index in [-0.39, 0.29) is 19.0 Å². The SMILES string of the molecule is CC(C)CN(CC(=O)O)CC(=O)N1CCCC(C)C1. The Kier molecular flexibility index (Phi) is 6.28. The zero-order valence-electron chi connectivity index (χ0n) is 12.3. The van der Waals surface area contributed by atoms with E-state index < -0.39 is 5.97 Å². The van der Waals surface area contributed by atoms with Crippen molar-refractivity contribution in [2.75, 3.05) is 32.7 Å². The summed E-state index contributed by atoms with van der Waals surface area (Å²) in [6.45, 7) is 8.63. The van der Waals surface area contributed by atoms with Gasteiger partial charge in [-0.25, -0.2) is 0 Å². The van der Waals surface area contributed by atoms with E-state index in [9.17, 15) is 9.59 Å². The Labute approximate surface area is 115 Å². The Morgan fingerprint density at radius 1 is 1.37 bits per heavy atom. The van der Waals surface area contributed by atoms with E-state index >= 15 is 0 Å². The summed E-state index contributed by atoms with van der Waals surface area (Å²) in [7, 11) is 0. The van der Waals surface area contributed by atoms with E-state index in [1.54, 1.807) is 4.90 Å². The van der Waals surface area contributed by atoms with Crippen LogP contribution in [-0.2, 0) is 9.59 Å². The lowest BCUT2D eigenvalue weighted by molar-refractivity contribution is -0.140. The molecule has 1 unspecified atom stereocenters. The van der Waals surface area contributed by atoms with Crippen molar-refractivity contribution in [1.29, 1.82) is 0 Å². The highest BCUT2D eigenvalue weighted by molar-refractivity contribution is 5.79. The first-order valence-corrected chi connectivity index (χ1v) is 7.10. The number of likely N-dealkylation sites (tertiary alicyclic amines) is 1. The van der Waals surface area contributed by atoms with Gasteiger partial charge in [-0.1, -0.05) is 20.8 Å². The fraction of sp³-hybridized carbons (Fsp3) is 0.857. The van der Waals surface area contributed by atoms with E-state index in [1.807, 2.05) is 18.7 Å². The maximum atomic E-state index is 12.2. The maximum absolute atomic E-state index is 12.2. The Balaban J connectivity index is 2.51. The Morgan fingerprint density at radius 3 is 2.58 bits per heavy atom. The van der Waals surface area contributed by atoms with Crippen LogP contribution in [0.25, 0.3) is 0 Å². The summed E-state index contributed by atoms with van der Waals surface area (Å²) in [5.41, 5.74) is 0. The molecule has 5 nitrogen and oxygen atoms in total. The van der Waals surface area contributed by atoms with Gasteiger partial charge in [0.2, 0.25) is 5.91 Å². The lowest BCUT2D eigenvalue weighted by Crippen LogP contribution is -2.46. The van der Waals surface area contributed by atoms with Crippen LogP contribution in [0.2, 0.25) is 0 Å². The highest BCUT2D eigenvalue weighted by Crippen LogP contribution is 2.15. The third kappa shape index (κ3) is 6.05. The molecule has 1 aliphatic heterocycles. The number of rotatable bonds is 6. The van der Waals surface area contributed by atoms with Crippen molar-refractivity contribution < 1.29 is 14.7 Å². The molecule has 0 saturated carbocycles. The van der Waals surface area contributed by atoms with Crippen LogP contribution in [0.1, 0.15) is 33.6 Å². The molecule has 5 heteroatoms. The highest BCUT2D eigenvalue weighted by atomic mass is 16.4. The number of hydrogen-bond acceptors (Lipinski definition) is 3. The molecule has 1 heterocycles. The summed E-state index contributed by atoms with van der Waals surface area (Å²) in [4.78, 5) is 26.7. The fourth-order valence-electron chi connectivity index (χ4n) is 2.60.